The van der Waals surface area contributed by atoms with E-state index < -0.39 is 5.25 Å². The summed E-state index contributed by atoms with van der Waals surface area (Å²) in [5.74, 6) is -0.778. The van der Waals surface area contributed by atoms with Gasteiger partial charge in [-0.3, -0.25) is 14.5 Å². The molecular weight excluding hydrogens is 402 g/mol. The van der Waals surface area contributed by atoms with Crippen molar-refractivity contribution in [3.63, 3.8) is 0 Å². The minimum absolute atomic E-state index is 0.0581. The third-order valence-corrected chi connectivity index (χ3v) is 5.65. The molecule has 8 heteroatoms. The highest BCUT2D eigenvalue weighted by molar-refractivity contribution is 8.15. The quantitative estimate of drug-likeness (QED) is 0.712. The lowest BCUT2D eigenvalue weighted by atomic mass is 10.2. The number of rotatable bonds is 6. The first-order valence-corrected chi connectivity index (χ1v) is 10.4. The Balaban J connectivity index is 1.65. The summed E-state index contributed by atoms with van der Waals surface area (Å²) in [6.07, 6.45) is 0.0581. The summed E-state index contributed by atoms with van der Waals surface area (Å²) in [6, 6.07) is 14.1. The number of thioether (sulfide) groups is 1. The van der Waals surface area contributed by atoms with Crippen LogP contribution in [-0.2, 0) is 14.3 Å². The molecule has 0 aromatic heterocycles. The fourth-order valence-electron chi connectivity index (χ4n) is 2.90. The molecule has 0 saturated carbocycles. The van der Waals surface area contributed by atoms with E-state index in [4.69, 9.17) is 4.74 Å². The van der Waals surface area contributed by atoms with Crippen LogP contribution in [0.5, 0.6) is 0 Å². The maximum Gasteiger partial charge on any atom is 0.338 e. The summed E-state index contributed by atoms with van der Waals surface area (Å²) in [5, 5.41) is 2.81. The summed E-state index contributed by atoms with van der Waals surface area (Å²) in [6.45, 7) is 4.01. The number of hydrogen-bond donors (Lipinski definition) is 1. The van der Waals surface area contributed by atoms with E-state index in [-0.39, 0.29) is 24.2 Å². The van der Waals surface area contributed by atoms with Crippen LogP contribution < -0.4 is 5.32 Å². The summed E-state index contributed by atoms with van der Waals surface area (Å²) in [7, 11) is 1.64. The maximum absolute atomic E-state index is 12.5. The number of carbonyl (C=O) groups is 3. The first-order chi connectivity index (χ1) is 14.4. The van der Waals surface area contributed by atoms with Crippen molar-refractivity contribution in [1.29, 1.82) is 0 Å². The van der Waals surface area contributed by atoms with Crippen molar-refractivity contribution in [3.8, 4) is 0 Å². The number of amidine groups is 1. The Hall–Kier alpha value is -3.13. The average Bonchev–Trinajstić information content (AvgIpc) is 2.96. The Kier molecular flexibility index (Phi) is 6.89. The van der Waals surface area contributed by atoms with E-state index in [1.54, 1.807) is 38.2 Å². The number of aryl methyl sites for hydroxylation is 1. The molecule has 3 rings (SSSR count). The Morgan fingerprint density at radius 1 is 1.20 bits per heavy atom. The third kappa shape index (κ3) is 5.27. The van der Waals surface area contributed by atoms with Gasteiger partial charge in [0.05, 0.1) is 17.9 Å². The molecule has 0 spiro atoms. The van der Waals surface area contributed by atoms with Crippen LogP contribution in [0.15, 0.2) is 53.5 Å². The Morgan fingerprint density at radius 2 is 1.93 bits per heavy atom. The van der Waals surface area contributed by atoms with E-state index in [2.05, 4.69) is 10.3 Å². The van der Waals surface area contributed by atoms with Gasteiger partial charge >= 0.3 is 5.97 Å². The molecule has 1 atom stereocenters. The van der Waals surface area contributed by atoms with Crippen LogP contribution in [0.2, 0.25) is 0 Å². The highest BCUT2D eigenvalue weighted by Gasteiger charge is 2.37. The van der Waals surface area contributed by atoms with Crippen molar-refractivity contribution in [2.75, 3.05) is 19.0 Å². The van der Waals surface area contributed by atoms with E-state index in [9.17, 15) is 14.4 Å². The predicted molar refractivity (Wildman–Crippen MR) is 118 cm³/mol. The van der Waals surface area contributed by atoms with E-state index in [0.29, 0.717) is 28.7 Å². The van der Waals surface area contributed by atoms with E-state index in [1.165, 1.54) is 16.7 Å². The van der Waals surface area contributed by atoms with E-state index in [0.717, 1.165) is 5.56 Å². The normalized spacial score (nSPS) is 17.3. The number of nitrogens with one attached hydrogen (secondary N) is 1. The number of anilines is 1. The highest BCUT2D eigenvalue weighted by atomic mass is 32.2. The van der Waals surface area contributed by atoms with Crippen LogP contribution in [0.4, 0.5) is 11.4 Å². The zero-order chi connectivity index (χ0) is 21.7. The molecule has 1 fully saturated rings. The van der Waals surface area contributed by atoms with Crippen molar-refractivity contribution in [2.45, 2.75) is 25.5 Å². The number of benzene rings is 2. The molecular formula is C22H23N3O4S. The number of nitrogens with zero attached hydrogens (tertiary/aromatic N) is 2. The predicted octanol–water partition coefficient (Wildman–Crippen LogP) is 3.76. The summed E-state index contributed by atoms with van der Waals surface area (Å²) in [5.41, 5.74) is 2.80. The molecule has 0 bridgehead atoms. The second kappa shape index (κ2) is 9.58. The van der Waals surface area contributed by atoms with Crippen LogP contribution in [0.3, 0.4) is 0 Å². The number of ether oxygens (including phenoxy) is 1. The molecule has 7 nitrogen and oxygen atoms in total. The van der Waals surface area contributed by atoms with Crippen molar-refractivity contribution in [2.24, 2.45) is 4.99 Å². The molecule has 1 heterocycles. The van der Waals surface area contributed by atoms with Gasteiger partial charge in [-0.15, -0.1) is 0 Å². The first-order valence-electron chi connectivity index (χ1n) is 9.54. The van der Waals surface area contributed by atoms with Gasteiger partial charge in [-0.05, 0) is 55.8 Å². The van der Waals surface area contributed by atoms with Gasteiger partial charge in [-0.25, -0.2) is 9.79 Å². The van der Waals surface area contributed by atoms with Crippen LogP contribution >= 0.6 is 11.8 Å². The lowest BCUT2D eigenvalue weighted by molar-refractivity contribution is -0.127. The Morgan fingerprint density at radius 3 is 2.60 bits per heavy atom. The highest BCUT2D eigenvalue weighted by Crippen LogP contribution is 2.31. The van der Waals surface area contributed by atoms with Gasteiger partial charge < -0.3 is 10.1 Å². The number of esters is 1. The maximum atomic E-state index is 12.5. The smallest absolute Gasteiger partial charge is 0.338 e. The van der Waals surface area contributed by atoms with Crippen molar-refractivity contribution < 1.29 is 19.1 Å². The first kappa shape index (κ1) is 21.6. The van der Waals surface area contributed by atoms with Gasteiger partial charge in [0.25, 0.3) is 0 Å². The zero-order valence-electron chi connectivity index (χ0n) is 17.0. The molecule has 30 heavy (non-hydrogen) atoms. The van der Waals surface area contributed by atoms with Crippen LogP contribution in [0.25, 0.3) is 0 Å². The minimum Gasteiger partial charge on any atom is -0.462 e. The molecule has 1 aliphatic heterocycles. The lowest BCUT2D eigenvalue weighted by Gasteiger charge is -2.09. The van der Waals surface area contributed by atoms with Gasteiger partial charge in [0, 0.05) is 19.2 Å². The molecule has 2 amide bonds. The topological polar surface area (TPSA) is 88.1 Å². The largest absolute Gasteiger partial charge is 0.462 e. The monoisotopic (exact) mass is 425 g/mol. The van der Waals surface area contributed by atoms with Gasteiger partial charge in [0.15, 0.2) is 5.17 Å². The fraction of sp³-hybridized carbons (Fsp3) is 0.273. The number of amides is 2. The molecule has 0 radical (unpaired) electrons. The van der Waals surface area contributed by atoms with E-state index >= 15 is 0 Å². The van der Waals surface area contributed by atoms with Crippen LogP contribution in [-0.4, -0.2) is 46.8 Å². The molecule has 2 aromatic carbocycles. The van der Waals surface area contributed by atoms with Crippen molar-refractivity contribution in [3.05, 3.63) is 59.7 Å². The SMILES string of the molecule is CCOC(=O)c1ccc(N=C2SC(CC(=O)Nc3cccc(C)c3)C(=O)N2C)cc1. The van der Waals surface area contributed by atoms with Gasteiger partial charge in [-0.1, -0.05) is 23.9 Å². The molecule has 1 unspecified atom stereocenters. The Labute approximate surface area is 179 Å². The van der Waals surface area contributed by atoms with Crippen LogP contribution in [0, 0.1) is 6.92 Å². The summed E-state index contributed by atoms with van der Waals surface area (Å²) in [4.78, 5) is 42.6. The second-order valence-electron chi connectivity index (χ2n) is 6.79. The number of carbonyl (C=O) groups excluding carboxylic acids is 3. The molecule has 1 aliphatic rings. The minimum atomic E-state index is -0.530. The molecule has 1 N–H and O–H groups in total. The van der Waals surface area contributed by atoms with Crippen molar-refractivity contribution in [1.82, 2.24) is 4.90 Å². The fourth-order valence-corrected chi connectivity index (χ4v) is 4.05. The summed E-state index contributed by atoms with van der Waals surface area (Å²) < 4.78 is 4.96. The van der Waals surface area contributed by atoms with Crippen molar-refractivity contribution >= 4 is 46.1 Å². The number of aliphatic imine (C=N–C) groups is 1. The summed E-state index contributed by atoms with van der Waals surface area (Å²) >= 11 is 1.26. The Bertz CT molecular complexity index is 988. The van der Waals surface area contributed by atoms with Gasteiger partial charge in [0.1, 0.15) is 5.25 Å². The zero-order valence-corrected chi connectivity index (χ0v) is 17.9. The molecule has 2 aromatic rings. The molecule has 1 saturated heterocycles. The van der Waals surface area contributed by atoms with Crippen LogP contribution in [0.1, 0.15) is 29.3 Å². The average molecular weight is 426 g/mol. The van der Waals surface area contributed by atoms with E-state index in [1.807, 2.05) is 31.2 Å². The lowest BCUT2D eigenvalue weighted by Crippen LogP contribution is -2.30. The van der Waals surface area contributed by atoms with Gasteiger partial charge in [-0.2, -0.15) is 0 Å². The van der Waals surface area contributed by atoms with Gasteiger partial charge in [0.2, 0.25) is 11.8 Å². The third-order valence-electron chi connectivity index (χ3n) is 4.42. The molecule has 0 aliphatic carbocycles. The number of hydrogen-bond acceptors (Lipinski definition) is 6. The second-order valence-corrected chi connectivity index (χ2v) is 7.96. The molecule has 156 valence electrons. The standard InChI is InChI=1S/C22H23N3O4S/c1-4-29-21(28)15-8-10-16(11-9-15)24-22-25(3)20(27)18(30-22)13-19(26)23-17-7-5-6-14(2)12-17/h5-12,18H,4,13H2,1-3H3,(H,23,26).